The minimum atomic E-state index is -4.93. The zero-order valence-electron chi connectivity index (χ0n) is 11.9. The third-order valence-corrected chi connectivity index (χ3v) is 5.40. The minimum absolute atomic E-state index is 0.0103. The van der Waals surface area contributed by atoms with Crippen molar-refractivity contribution in [1.29, 1.82) is 0 Å². The summed E-state index contributed by atoms with van der Waals surface area (Å²) in [4.78, 5) is 10.7. The lowest BCUT2D eigenvalue weighted by molar-refractivity contribution is -0.274. The number of sulfonamides is 1. The first-order chi connectivity index (χ1) is 10.5. The number of hydrogen-bond donors (Lipinski definition) is 1. The smallest absolute Gasteiger partial charge is 0.481 e. The Morgan fingerprint density at radius 1 is 1.35 bits per heavy atom. The molecule has 128 valence electrons. The molecule has 0 unspecified atom stereocenters. The number of alkyl halides is 3. The van der Waals surface area contributed by atoms with Crippen molar-refractivity contribution in [2.75, 3.05) is 13.1 Å². The largest absolute Gasteiger partial charge is 0.573 e. The summed E-state index contributed by atoms with van der Waals surface area (Å²) in [6.07, 6.45) is -4.93. The van der Waals surface area contributed by atoms with Crippen molar-refractivity contribution in [3.05, 3.63) is 24.3 Å². The molecule has 2 rings (SSSR count). The van der Waals surface area contributed by atoms with Gasteiger partial charge in [-0.3, -0.25) is 4.79 Å². The molecule has 1 heterocycles. The van der Waals surface area contributed by atoms with Gasteiger partial charge in [0.1, 0.15) is 5.75 Å². The number of carboxylic acid groups (broad SMARTS) is 1. The number of halogens is 3. The van der Waals surface area contributed by atoms with Gasteiger partial charge in [0.2, 0.25) is 10.0 Å². The highest BCUT2D eigenvalue weighted by Gasteiger charge is 2.41. The number of aliphatic carboxylic acids is 1. The highest BCUT2D eigenvalue weighted by atomic mass is 32.2. The average molecular weight is 353 g/mol. The van der Waals surface area contributed by atoms with Gasteiger partial charge in [-0.15, -0.1) is 13.2 Å². The minimum Gasteiger partial charge on any atom is -0.481 e. The molecule has 1 aromatic carbocycles. The highest BCUT2D eigenvalue weighted by molar-refractivity contribution is 7.89. The predicted octanol–water partition coefficient (Wildman–Crippen LogP) is 1.93. The number of carbonyl (C=O) groups is 1. The Hall–Kier alpha value is -1.81. The van der Waals surface area contributed by atoms with Crippen LogP contribution in [0.4, 0.5) is 13.2 Å². The van der Waals surface area contributed by atoms with Crippen LogP contribution in [0, 0.1) is 11.8 Å². The van der Waals surface area contributed by atoms with Gasteiger partial charge >= 0.3 is 12.3 Å². The second kappa shape index (κ2) is 6.00. The van der Waals surface area contributed by atoms with E-state index in [1.54, 1.807) is 6.92 Å². The highest BCUT2D eigenvalue weighted by Crippen LogP contribution is 2.31. The van der Waals surface area contributed by atoms with Crippen LogP contribution >= 0.6 is 0 Å². The quantitative estimate of drug-likeness (QED) is 0.894. The van der Waals surface area contributed by atoms with Crippen LogP contribution in [0.1, 0.15) is 6.92 Å². The SMILES string of the molecule is C[C@@H]1CN(S(=O)(=O)c2cccc(OC(F)(F)F)c2)C[C@H]1C(=O)O. The number of carboxylic acids is 1. The fraction of sp³-hybridized carbons (Fsp3) is 0.462. The lowest BCUT2D eigenvalue weighted by Gasteiger charge is -2.17. The van der Waals surface area contributed by atoms with E-state index in [0.29, 0.717) is 0 Å². The Morgan fingerprint density at radius 2 is 2.00 bits per heavy atom. The predicted molar refractivity (Wildman–Crippen MR) is 72.2 cm³/mol. The molecule has 0 radical (unpaired) electrons. The first-order valence-electron chi connectivity index (χ1n) is 6.59. The van der Waals surface area contributed by atoms with E-state index in [2.05, 4.69) is 4.74 Å². The van der Waals surface area contributed by atoms with Gasteiger partial charge in [-0.05, 0) is 18.1 Å². The number of nitrogens with zero attached hydrogens (tertiary/aromatic N) is 1. The van der Waals surface area contributed by atoms with Crippen LogP contribution in [-0.2, 0) is 14.8 Å². The van der Waals surface area contributed by atoms with E-state index in [4.69, 9.17) is 5.11 Å². The van der Waals surface area contributed by atoms with Gasteiger partial charge in [0.25, 0.3) is 0 Å². The molecule has 0 saturated carbocycles. The van der Waals surface area contributed by atoms with Gasteiger partial charge in [0.15, 0.2) is 0 Å². The van der Waals surface area contributed by atoms with Crippen molar-refractivity contribution in [2.24, 2.45) is 11.8 Å². The van der Waals surface area contributed by atoms with Crippen molar-refractivity contribution in [2.45, 2.75) is 18.2 Å². The summed E-state index contributed by atoms with van der Waals surface area (Å²) in [7, 11) is -4.09. The molecule has 1 N–H and O–H groups in total. The Bertz CT molecular complexity index is 704. The van der Waals surface area contributed by atoms with Crippen molar-refractivity contribution in [3.63, 3.8) is 0 Å². The molecule has 0 aliphatic carbocycles. The first kappa shape index (κ1) is 17.5. The normalized spacial score (nSPS) is 23.0. The Kier molecular flexibility index (Phi) is 4.58. The molecule has 1 aromatic rings. The molecule has 23 heavy (non-hydrogen) atoms. The maximum absolute atomic E-state index is 12.5. The number of rotatable bonds is 4. The third-order valence-electron chi connectivity index (χ3n) is 3.57. The van der Waals surface area contributed by atoms with E-state index in [-0.39, 0.29) is 18.0 Å². The fourth-order valence-corrected chi connectivity index (χ4v) is 4.02. The van der Waals surface area contributed by atoms with Crippen LogP contribution in [0.2, 0.25) is 0 Å². The number of benzene rings is 1. The van der Waals surface area contributed by atoms with E-state index in [1.807, 2.05) is 0 Å². The molecule has 0 aromatic heterocycles. The van der Waals surface area contributed by atoms with E-state index >= 15 is 0 Å². The van der Waals surface area contributed by atoms with E-state index < -0.39 is 39.9 Å². The van der Waals surface area contributed by atoms with Gasteiger partial charge in [-0.2, -0.15) is 4.31 Å². The summed E-state index contributed by atoms with van der Waals surface area (Å²) in [5, 5.41) is 9.04. The van der Waals surface area contributed by atoms with Crippen molar-refractivity contribution < 1.29 is 36.2 Å². The van der Waals surface area contributed by atoms with Crippen LogP contribution in [0.25, 0.3) is 0 Å². The average Bonchev–Trinajstić information content (AvgIpc) is 2.80. The second-order valence-corrected chi connectivity index (χ2v) is 7.20. The molecule has 1 aliphatic rings. The molecule has 6 nitrogen and oxygen atoms in total. The summed E-state index contributed by atoms with van der Waals surface area (Å²) >= 11 is 0. The molecule has 0 spiro atoms. The van der Waals surface area contributed by atoms with Crippen molar-refractivity contribution in [1.82, 2.24) is 4.31 Å². The Labute approximate surface area is 130 Å². The molecule has 2 atom stereocenters. The van der Waals surface area contributed by atoms with Crippen molar-refractivity contribution in [3.8, 4) is 5.75 Å². The molecule has 1 fully saturated rings. The molecule has 0 bridgehead atoms. The topological polar surface area (TPSA) is 83.9 Å². The summed E-state index contributed by atoms with van der Waals surface area (Å²) in [6.45, 7) is 1.38. The summed E-state index contributed by atoms with van der Waals surface area (Å²) < 4.78 is 66.2. The molecular formula is C13H14F3NO5S. The maximum Gasteiger partial charge on any atom is 0.573 e. The van der Waals surface area contributed by atoms with Crippen LogP contribution in [0.15, 0.2) is 29.2 Å². The third kappa shape index (κ3) is 3.94. The molecule has 10 heteroatoms. The standard InChI is InChI=1S/C13H14F3NO5S/c1-8-6-17(7-11(8)12(18)19)23(20,21)10-4-2-3-9(5-10)22-13(14,15)16/h2-5,8,11H,6-7H2,1H3,(H,18,19)/t8-,11-/m1/s1. The van der Waals surface area contributed by atoms with Crippen LogP contribution < -0.4 is 4.74 Å². The number of ether oxygens (including phenoxy) is 1. The maximum atomic E-state index is 12.5. The van der Waals surface area contributed by atoms with Gasteiger partial charge < -0.3 is 9.84 Å². The van der Waals surface area contributed by atoms with Crippen LogP contribution in [-0.4, -0.2) is 43.3 Å². The molecule has 1 saturated heterocycles. The first-order valence-corrected chi connectivity index (χ1v) is 8.03. The zero-order chi connectivity index (χ0) is 17.4. The molecular weight excluding hydrogens is 339 g/mol. The van der Waals surface area contributed by atoms with Gasteiger partial charge in [0.05, 0.1) is 10.8 Å². The fourth-order valence-electron chi connectivity index (χ4n) is 2.42. The zero-order valence-corrected chi connectivity index (χ0v) is 12.8. The number of hydrogen-bond acceptors (Lipinski definition) is 4. The van der Waals surface area contributed by atoms with Crippen LogP contribution in [0.3, 0.4) is 0 Å². The van der Waals surface area contributed by atoms with Crippen LogP contribution in [0.5, 0.6) is 5.75 Å². The van der Waals surface area contributed by atoms with E-state index in [1.165, 1.54) is 0 Å². The van der Waals surface area contributed by atoms with Gasteiger partial charge in [-0.1, -0.05) is 13.0 Å². The molecule has 1 aliphatic heterocycles. The van der Waals surface area contributed by atoms with Crippen molar-refractivity contribution >= 4 is 16.0 Å². The van der Waals surface area contributed by atoms with Gasteiger partial charge in [-0.25, -0.2) is 8.42 Å². The lowest BCUT2D eigenvalue weighted by Crippen LogP contribution is -2.30. The van der Waals surface area contributed by atoms with Gasteiger partial charge in [0, 0.05) is 19.2 Å². The Morgan fingerprint density at radius 3 is 2.52 bits per heavy atom. The van der Waals surface area contributed by atoms with E-state index in [9.17, 15) is 26.4 Å². The summed E-state index contributed by atoms with van der Waals surface area (Å²) in [5.74, 6) is -3.00. The monoisotopic (exact) mass is 353 g/mol. The lowest BCUT2D eigenvalue weighted by atomic mass is 9.99. The summed E-state index contributed by atoms with van der Waals surface area (Å²) in [5.41, 5.74) is 0. The second-order valence-electron chi connectivity index (χ2n) is 5.27. The summed E-state index contributed by atoms with van der Waals surface area (Å²) in [6, 6.07) is 4.01. The Balaban J connectivity index is 2.27. The molecule has 0 amide bonds. The van der Waals surface area contributed by atoms with E-state index in [0.717, 1.165) is 28.6 Å².